The zero-order valence-corrected chi connectivity index (χ0v) is 10.9. The van der Waals surface area contributed by atoms with Crippen molar-refractivity contribution in [1.29, 1.82) is 0 Å². The fourth-order valence-electron chi connectivity index (χ4n) is 2.38. The van der Waals surface area contributed by atoms with E-state index in [1.54, 1.807) is 19.3 Å². The van der Waals surface area contributed by atoms with Crippen LogP contribution in [-0.4, -0.2) is 27.6 Å². The number of aromatic nitrogens is 2. The van der Waals surface area contributed by atoms with Crippen molar-refractivity contribution in [2.75, 3.05) is 0 Å². The molecule has 0 radical (unpaired) electrons. The summed E-state index contributed by atoms with van der Waals surface area (Å²) in [5, 5.41) is 3.97. The number of hydrogen-bond donors (Lipinski definition) is 0. The Morgan fingerprint density at radius 3 is 2.65 bits per heavy atom. The molecule has 0 aromatic carbocycles. The van der Waals surface area contributed by atoms with Gasteiger partial charge in [0.25, 0.3) is 0 Å². The summed E-state index contributed by atoms with van der Waals surface area (Å²) in [7, 11) is 1.71. The molecule has 1 aromatic heterocycles. The molecule has 0 unspecified atom stereocenters. The van der Waals surface area contributed by atoms with Gasteiger partial charge in [0.2, 0.25) is 11.8 Å². The molecule has 3 rings (SSSR count). The molecule has 1 aromatic rings. The molecule has 7 heteroatoms. The van der Waals surface area contributed by atoms with Gasteiger partial charge in [0.05, 0.1) is 0 Å². The van der Waals surface area contributed by atoms with Gasteiger partial charge in [-0.3, -0.25) is 4.68 Å². The first-order valence-electron chi connectivity index (χ1n) is 6.35. The van der Waals surface area contributed by atoms with Crippen molar-refractivity contribution >= 4 is 11.9 Å². The van der Waals surface area contributed by atoms with Crippen LogP contribution in [0.25, 0.3) is 0 Å². The van der Waals surface area contributed by atoms with E-state index in [1.165, 1.54) is 4.68 Å². The third kappa shape index (κ3) is 2.23. The van der Waals surface area contributed by atoms with Gasteiger partial charge in [-0.1, -0.05) is 0 Å². The first-order chi connectivity index (χ1) is 9.46. The molecule has 1 aliphatic heterocycles. The predicted molar refractivity (Wildman–Crippen MR) is 66.3 cm³/mol. The van der Waals surface area contributed by atoms with Crippen molar-refractivity contribution in [3.05, 3.63) is 29.2 Å². The Labute approximate surface area is 113 Å². The van der Waals surface area contributed by atoms with Gasteiger partial charge in [-0.25, -0.2) is 18.6 Å². The van der Waals surface area contributed by atoms with Gasteiger partial charge in [-0.05, 0) is 24.5 Å². The minimum absolute atomic E-state index is 0.176. The smallest absolute Gasteiger partial charge is 0.363 e. The van der Waals surface area contributed by atoms with Crippen LogP contribution < -0.4 is 0 Å². The lowest BCUT2D eigenvalue weighted by Gasteiger charge is -2.23. The molecular weight excluding hydrogens is 268 g/mol. The molecule has 2 aliphatic rings. The Morgan fingerprint density at radius 2 is 2.05 bits per heavy atom. The zero-order chi connectivity index (χ0) is 14.3. The first-order valence-corrected chi connectivity index (χ1v) is 6.35. The van der Waals surface area contributed by atoms with Gasteiger partial charge < -0.3 is 4.74 Å². The standard InChI is InChI=1S/C13H13F2N3O2/c1-18-9(4-7-16-18)11-17-10(12(19)20-11)8-2-5-13(14,15)6-3-8/h4,7H,2-3,5-6H2,1H3. The summed E-state index contributed by atoms with van der Waals surface area (Å²) in [6.45, 7) is 0. The molecule has 1 saturated carbocycles. The highest BCUT2D eigenvalue weighted by Crippen LogP contribution is 2.38. The third-order valence-corrected chi connectivity index (χ3v) is 3.56. The number of aryl methyl sites for hydroxylation is 1. The second kappa shape index (κ2) is 4.50. The Balaban J connectivity index is 1.90. The average molecular weight is 281 g/mol. The van der Waals surface area contributed by atoms with Crippen LogP contribution in [-0.2, 0) is 16.6 Å². The zero-order valence-electron chi connectivity index (χ0n) is 10.9. The number of esters is 1. The minimum Gasteiger partial charge on any atom is -0.400 e. The van der Waals surface area contributed by atoms with E-state index in [2.05, 4.69) is 10.1 Å². The van der Waals surface area contributed by atoms with E-state index < -0.39 is 11.9 Å². The van der Waals surface area contributed by atoms with Crippen molar-refractivity contribution in [1.82, 2.24) is 9.78 Å². The minimum atomic E-state index is -2.64. The lowest BCUT2D eigenvalue weighted by Crippen LogP contribution is -2.21. The maximum absolute atomic E-state index is 13.1. The largest absolute Gasteiger partial charge is 0.400 e. The highest BCUT2D eigenvalue weighted by atomic mass is 19.3. The van der Waals surface area contributed by atoms with Crippen LogP contribution in [0.1, 0.15) is 31.4 Å². The molecule has 0 bridgehead atoms. The molecule has 1 fully saturated rings. The molecule has 1 aliphatic carbocycles. The average Bonchev–Trinajstić information content (AvgIpc) is 2.96. The fourth-order valence-corrected chi connectivity index (χ4v) is 2.38. The second-order valence-electron chi connectivity index (χ2n) is 4.95. The van der Waals surface area contributed by atoms with Gasteiger partial charge in [0.15, 0.2) is 5.70 Å². The van der Waals surface area contributed by atoms with Crippen LogP contribution in [0.15, 0.2) is 28.5 Å². The molecule has 0 amide bonds. The van der Waals surface area contributed by atoms with E-state index in [0.29, 0.717) is 11.3 Å². The van der Waals surface area contributed by atoms with E-state index in [-0.39, 0.29) is 37.3 Å². The van der Waals surface area contributed by atoms with E-state index >= 15 is 0 Å². The van der Waals surface area contributed by atoms with Crippen molar-refractivity contribution in [2.45, 2.75) is 31.6 Å². The molecule has 0 saturated heterocycles. The first kappa shape index (κ1) is 13.0. The number of allylic oxidation sites excluding steroid dienone is 1. The summed E-state index contributed by atoms with van der Waals surface area (Å²) in [5.41, 5.74) is 1.41. The van der Waals surface area contributed by atoms with Gasteiger partial charge in [0, 0.05) is 26.1 Å². The van der Waals surface area contributed by atoms with Crippen LogP contribution in [0.5, 0.6) is 0 Å². The van der Waals surface area contributed by atoms with E-state index in [1.807, 2.05) is 0 Å². The van der Waals surface area contributed by atoms with Gasteiger partial charge in [-0.15, -0.1) is 0 Å². The maximum atomic E-state index is 13.1. The number of rotatable bonds is 1. The molecule has 5 nitrogen and oxygen atoms in total. The second-order valence-corrected chi connectivity index (χ2v) is 4.95. The van der Waals surface area contributed by atoms with Crippen LogP contribution in [0.4, 0.5) is 8.78 Å². The van der Waals surface area contributed by atoms with E-state index in [4.69, 9.17) is 4.74 Å². The number of hydrogen-bond acceptors (Lipinski definition) is 4. The predicted octanol–water partition coefficient (Wildman–Crippen LogP) is 2.19. The van der Waals surface area contributed by atoms with Gasteiger partial charge in [-0.2, -0.15) is 5.10 Å². The number of ether oxygens (including phenoxy) is 1. The number of nitrogens with zero attached hydrogens (tertiary/aromatic N) is 3. The molecule has 106 valence electrons. The number of aliphatic imine (C=N–C) groups is 1. The highest BCUT2D eigenvalue weighted by molar-refractivity contribution is 6.10. The molecule has 2 heterocycles. The lowest BCUT2D eigenvalue weighted by atomic mass is 9.90. The summed E-state index contributed by atoms with van der Waals surface area (Å²) in [4.78, 5) is 16.0. The topological polar surface area (TPSA) is 56.5 Å². The van der Waals surface area contributed by atoms with Crippen LogP contribution >= 0.6 is 0 Å². The van der Waals surface area contributed by atoms with E-state index in [0.717, 1.165) is 0 Å². The number of cyclic esters (lactones) is 1. The van der Waals surface area contributed by atoms with Gasteiger partial charge in [0.1, 0.15) is 5.69 Å². The van der Waals surface area contributed by atoms with Crippen molar-refractivity contribution in [3.63, 3.8) is 0 Å². The molecule has 0 atom stereocenters. The van der Waals surface area contributed by atoms with Crippen molar-refractivity contribution in [3.8, 4) is 0 Å². The lowest BCUT2D eigenvalue weighted by molar-refractivity contribution is -0.130. The number of carbonyl (C=O) groups excluding carboxylic acids is 1. The Bertz CT molecular complexity index is 619. The number of carbonyl (C=O) groups is 1. The normalized spacial score (nSPS) is 21.9. The summed E-state index contributed by atoms with van der Waals surface area (Å²) >= 11 is 0. The summed E-state index contributed by atoms with van der Waals surface area (Å²) in [6.07, 6.45) is 1.45. The van der Waals surface area contributed by atoms with Crippen molar-refractivity contribution < 1.29 is 18.3 Å². The fraction of sp³-hybridized carbons (Fsp3) is 0.462. The highest BCUT2D eigenvalue weighted by Gasteiger charge is 2.36. The Morgan fingerprint density at radius 1 is 1.35 bits per heavy atom. The van der Waals surface area contributed by atoms with Crippen LogP contribution in [0, 0.1) is 0 Å². The summed E-state index contributed by atoms with van der Waals surface area (Å²) in [5.74, 6) is -3.03. The van der Waals surface area contributed by atoms with Crippen molar-refractivity contribution in [2.24, 2.45) is 12.0 Å². The Hall–Kier alpha value is -2.05. The molecule has 20 heavy (non-hydrogen) atoms. The number of halogens is 2. The SMILES string of the molecule is Cn1nccc1C1=NC(=C2CCC(F)(F)CC2)C(=O)O1. The Kier molecular flexibility index (Phi) is 2.92. The summed E-state index contributed by atoms with van der Waals surface area (Å²) < 4.78 is 32.9. The third-order valence-electron chi connectivity index (χ3n) is 3.56. The monoisotopic (exact) mass is 281 g/mol. The quantitative estimate of drug-likeness (QED) is 0.585. The van der Waals surface area contributed by atoms with Crippen LogP contribution in [0.3, 0.4) is 0 Å². The van der Waals surface area contributed by atoms with E-state index in [9.17, 15) is 13.6 Å². The van der Waals surface area contributed by atoms with Gasteiger partial charge >= 0.3 is 5.97 Å². The molecule has 0 N–H and O–H groups in total. The van der Waals surface area contributed by atoms with Crippen LogP contribution in [0.2, 0.25) is 0 Å². The molecule has 0 spiro atoms. The summed E-state index contributed by atoms with van der Waals surface area (Å²) in [6, 6.07) is 1.68. The molecular formula is C13H13F2N3O2. The maximum Gasteiger partial charge on any atom is 0.363 e. The number of alkyl halides is 2.